The average Bonchev–Trinajstić information content (AvgIpc) is 2.60. The molecule has 1 aromatic heterocycles. The zero-order valence-corrected chi connectivity index (χ0v) is 10.5. The summed E-state index contributed by atoms with van der Waals surface area (Å²) in [5, 5.41) is 15.3. The number of aryl methyl sites for hydroxylation is 2. The lowest BCUT2D eigenvalue weighted by Gasteiger charge is -2.25. The molecule has 0 aliphatic rings. The first-order valence-electron chi connectivity index (χ1n) is 5.64. The molecule has 17 heavy (non-hydrogen) atoms. The molecule has 0 saturated carbocycles. The lowest BCUT2D eigenvalue weighted by Crippen LogP contribution is -2.44. The summed E-state index contributed by atoms with van der Waals surface area (Å²) in [6, 6.07) is 0. The summed E-state index contributed by atoms with van der Waals surface area (Å²) in [6.07, 6.45) is 1.26. The summed E-state index contributed by atoms with van der Waals surface area (Å²) in [7, 11) is 0. The van der Waals surface area contributed by atoms with Gasteiger partial charge < -0.3 is 14.9 Å². The molecule has 0 aliphatic heterocycles. The van der Waals surface area contributed by atoms with Gasteiger partial charge in [0.25, 0.3) is 0 Å². The molecule has 0 spiro atoms. The topological polar surface area (TPSA) is 88.2 Å². The minimum Gasteiger partial charge on any atom is -0.396 e. The van der Waals surface area contributed by atoms with Crippen molar-refractivity contribution in [3.8, 4) is 0 Å². The molecule has 0 aromatic carbocycles. The van der Waals surface area contributed by atoms with Crippen LogP contribution in [0, 0.1) is 6.92 Å². The molecule has 1 amide bonds. The Morgan fingerprint density at radius 3 is 2.76 bits per heavy atom. The van der Waals surface area contributed by atoms with Crippen LogP contribution in [0.4, 0.5) is 0 Å². The summed E-state index contributed by atoms with van der Waals surface area (Å²) in [5.74, 6) is 0.956. The fraction of sp³-hybridized carbons (Fsp3) is 0.727. The molecule has 0 fully saturated rings. The summed E-state index contributed by atoms with van der Waals surface area (Å²) in [4.78, 5) is 15.6. The lowest BCUT2D eigenvalue weighted by atomic mass is 10.0. The first kappa shape index (κ1) is 13.6. The van der Waals surface area contributed by atoms with Crippen LogP contribution in [0.1, 0.15) is 38.4 Å². The van der Waals surface area contributed by atoms with Gasteiger partial charge in [0.1, 0.15) is 0 Å². The van der Waals surface area contributed by atoms with Crippen molar-refractivity contribution in [1.82, 2.24) is 15.5 Å². The van der Waals surface area contributed by atoms with Crippen LogP contribution in [0.2, 0.25) is 0 Å². The summed E-state index contributed by atoms with van der Waals surface area (Å²) >= 11 is 0. The van der Waals surface area contributed by atoms with Crippen LogP contribution in [-0.2, 0) is 11.2 Å². The second-order valence-corrected chi connectivity index (χ2v) is 4.64. The second-order valence-electron chi connectivity index (χ2n) is 4.64. The number of aliphatic hydroxyl groups is 1. The monoisotopic (exact) mass is 241 g/mol. The van der Waals surface area contributed by atoms with Crippen LogP contribution < -0.4 is 5.32 Å². The highest BCUT2D eigenvalue weighted by Gasteiger charge is 2.19. The minimum atomic E-state index is -0.392. The number of rotatable bonds is 6. The van der Waals surface area contributed by atoms with E-state index >= 15 is 0 Å². The molecule has 1 aromatic rings. The summed E-state index contributed by atoms with van der Waals surface area (Å²) in [5.41, 5.74) is -0.392. The van der Waals surface area contributed by atoms with Crippen LogP contribution >= 0.6 is 0 Å². The predicted octanol–water partition coefficient (Wildman–Crippen LogP) is 0.588. The van der Waals surface area contributed by atoms with Gasteiger partial charge in [-0.2, -0.15) is 4.98 Å². The van der Waals surface area contributed by atoms with Gasteiger partial charge in [-0.15, -0.1) is 0 Å². The van der Waals surface area contributed by atoms with Crippen molar-refractivity contribution >= 4 is 5.91 Å². The highest BCUT2D eigenvalue weighted by molar-refractivity contribution is 5.76. The van der Waals surface area contributed by atoms with E-state index in [2.05, 4.69) is 15.5 Å². The molecule has 6 heteroatoms. The van der Waals surface area contributed by atoms with Gasteiger partial charge in [-0.25, -0.2) is 0 Å². The van der Waals surface area contributed by atoms with E-state index < -0.39 is 5.54 Å². The predicted molar refractivity (Wildman–Crippen MR) is 61.3 cm³/mol. The molecule has 0 unspecified atom stereocenters. The molecular formula is C11H19N3O3. The Labute approximate surface area is 100 Å². The molecule has 1 heterocycles. The van der Waals surface area contributed by atoms with Gasteiger partial charge in [-0.05, 0) is 27.2 Å². The quantitative estimate of drug-likeness (QED) is 0.761. The zero-order valence-electron chi connectivity index (χ0n) is 10.5. The number of carbonyl (C=O) groups excluding carboxylic acids is 1. The molecule has 2 N–H and O–H groups in total. The molecule has 6 nitrogen and oxygen atoms in total. The van der Waals surface area contributed by atoms with E-state index in [9.17, 15) is 4.79 Å². The van der Waals surface area contributed by atoms with Crippen LogP contribution in [0.3, 0.4) is 0 Å². The number of amides is 1. The van der Waals surface area contributed by atoms with Crippen molar-refractivity contribution in [2.45, 2.75) is 45.6 Å². The number of aromatic nitrogens is 2. The van der Waals surface area contributed by atoms with Crippen LogP contribution in [0.5, 0.6) is 0 Å². The van der Waals surface area contributed by atoms with E-state index in [-0.39, 0.29) is 12.5 Å². The maximum atomic E-state index is 11.6. The third-order valence-electron chi connectivity index (χ3n) is 2.35. The number of aliphatic hydroxyl groups excluding tert-OH is 1. The Morgan fingerprint density at radius 2 is 2.24 bits per heavy atom. The first-order chi connectivity index (χ1) is 7.93. The van der Waals surface area contributed by atoms with Crippen molar-refractivity contribution in [3.05, 3.63) is 11.7 Å². The Bertz CT molecular complexity index is 374. The number of hydrogen-bond acceptors (Lipinski definition) is 5. The molecular weight excluding hydrogens is 222 g/mol. The van der Waals surface area contributed by atoms with Crippen molar-refractivity contribution in [1.29, 1.82) is 0 Å². The van der Waals surface area contributed by atoms with E-state index in [1.807, 2.05) is 13.8 Å². The Morgan fingerprint density at radius 1 is 1.53 bits per heavy atom. The Balaban J connectivity index is 2.35. The summed E-state index contributed by atoms with van der Waals surface area (Å²) in [6.45, 7) is 5.53. The SMILES string of the molecule is Cc1noc(CCC(=O)NC(C)(C)CCO)n1. The van der Waals surface area contributed by atoms with Gasteiger partial charge in [0.05, 0.1) is 0 Å². The highest BCUT2D eigenvalue weighted by Crippen LogP contribution is 2.08. The Hall–Kier alpha value is -1.43. The highest BCUT2D eigenvalue weighted by atomic mass is 16.5. The maximum Gasteiger partial charge on any atom is 0.227 e. The molecule has 0 bridgehead atoms. The van der Waals surface area contributed by atoms with E-state index in [0.29, 0.717) is 31.0 Å². The van der Waals surface area contributed by atoms with Crippen molar-refractivity contribution in [2.24, 2.45) is 0 Å². The third kappa shape index (κ3) is 4.95. The van der Waals surface area contributed by atoms with E-state index in [1.54, 1.807) is 6.92 Å². The molecule has 1 rings (SSSR count). The third-order valence-corrected chi connectivity index (χ3v) is 2.35. The fourth-order valence-corrected chi connectivity index (χ4v) is 1.44. The van der Waals surface area contributed by atoms with Crippen molar-refractivity contribution in [2.75, 3.05) is 6.61 Å². The molecule has 0 radical (unpaired) electrons. The number of nitrogens with one attached hydrogen (secondary N) is 1. The van der Waals surface area contributed by atoms with E-state index in [4.69, 9.17) is 9.63 Å². The number of hydrogen-bond donors (Lipinski definition) is 2. The standard InChI is InChI=1S/C11H19N3O3/c1-8-12-10(17-14-8)5-4-9(16)13-11(2,3)6-7-15/h15H,4-7H2,1-3H3,(H,13,16). The average molecular weight is 241 g/mol. The van der Waals surface area contributed by atoms with Crippen LogP contribution in [0.25, 0.3) is 0 Å². The van der Waals surface area contributed by atoms with Crippen molar-refractivity contribution < 1.29 is 14.4 Å². The second kappa shape index (κ2) is 5.77. The number of nitrogens with zero attached hydrogens (tertiary/aromatic N) is 2. The largest absolute Gasteiger partial charge is 0.396 e. The van der Waals surface area contributed by atoms with Gasteiger partial charge >= 0.3 is 0 Å². The minimum absolute atomic E-state index is 0.0517. The first-order valence-corrected chi connectivity index (χ1v) is 5.64. The Kier molecular flexibility index (Phi) is 4.62. The van der Waals surface area contributed by atoms with E-state index in [0.717, 1.165) is 0 Å². The normalized spacial score (nSPS) is 11.5. The molecule has 96 valence electrons. The molecule has 0 saturated heterocycles. The van der Waals surface area contributed by atoms with Crippen LogP contribution in [-0.4, -0.2) is 33.3 Å². The van der Waals surface area contributed by atoms with E-state index in [1.165, 1.54) is 0 Å². The fourth-order valence-electron chi connectivity index (χ4n) is 1.44. The number of carbonyl (C=O) groups is 1. The summed E-state index contributed by atoms with van der Waals surface area (Å²) < 4.78 is 4.91. The lowest BCUT2D eigenvalue weighted by molar-refractivity contribution is -0.122. The zero-order chi connectivity index (χ0) is 12.9. The maximum absolute atomic E-state index is 11.6. The van der Waals surface area contributed by atoms with Gasteiger partial charge in [0.15, 0.2) is 5.82 Å². The van der Waals surface area contributed by atoms with Crippen molar-refractivity contribution in [3.63, 3.8) is 0 Å². The molecule has 0 aliphatic carbocycles. The van der Waals surface area contributed by atoms with Gasteiger partial charge in [-0.3, -0.25) is 4.79 Å². The smallest absolute Gasteiger partial charge is 0.227 e. The van der Waals surface area contributed by atoms with Gasteiger partial charge in [0.2, 0.25) is 11.8 Å². The van der Waals surface area contributed by atoms with Gasteiger partial charge in [-0.1, -0.05) is 5.16 Å². The van der Waals surface area contributed by atoms with Gasteiger partial charge in [0, 0.05) is 25.0 Å². The van der Waals surface area contributed by atoms with Crippen LogP contribution in [0.15, 0.2) is 4.52 Å². The molecule has 0 atom stereocenters.